The number of carbonyl (C=O) groups is 2. The Kier molecular flexibility index (Phi) is 5.21. The molecule has 0 saturated carbocycles. The fraction of sp³-hybridized carbons (Fsp3) is 0.273. The van der Waals surface area contributed by atoms with Crippen LogP contribution in [0, 0.1) is 0 Å². The summed E-state index contributed by atoms with van der Waals surface area (Å²) < 4.78 is 33.6. The van der Waals surface area contributed by atoms with Crippen LogP contribution in [0.3, 0.4) is 0 Å². The Bertz CT molecular complexity index is 463. The van der Waals surface area contributed by atoms with Gasteiger partial charge in [0.1, 0.15) is 17.6 Å². The van der Waals surface area contributed by atoms with Crippen LogP contribution >= 0.6 is 15.9 Å². The lowest BCUT2D eigenvalue weighted by Crippen LogP contribution is -2.12. The fourth-order valence-corrected chi connectivity index (χ4v) is 1.88. The Morgan fingerprint density at radius 2 is 2.17 bits per heavy atom. The van der Waals surface area contributed by atoms with E-state index in [9.17, 15) is 18.4 Å². The second-order valence-electron chi connectivity index (χ2n) is 3.09. The molecule has 0 heterocycles. The zero-order valence-corrected chi connectivity index (χ0v) is 10.9. The summed E-state index contributed by atoms with van der Waals surface area (Å²) in [5.41, 5.74) is -0.0756. The lowest BCUT2D eigenvalue weighted by Gasteiger charge is -2.12. The summed E-state index contributed by atoms with van der Waals surface area (Å²) in [6.45, 7) is -1.43. The minimum absolute atomic E-state index is 0.0921. The number of halogens is 3. The van der Waals surface area contributed by atoms with E-state index in [1.54, 1.807) is 6.92 Å². The number of hydrogen-bond acceptors (Lipinski definition) is 4. The van der Waals surface area contributed by atoms with Gasteiger partial charge in [-0.3, -0.25) is 4.79 Å². The van der Waals surface area contributed by atoms with Crippen LogP contribution in [-0.4, -0.2) is 25.5 Å². The molecule has 1 aromatic rings. The Hall–Kier alpha value is -1.50. The monoisotopic (exact) mass is 322 g/mol. The predicted molar refractivity (Wildman–Crippen MR) is 62.1 cm³/mol. The van der Waals surface area contributed by atoms with Gasteiger partial charge in [0.25, 0.3) is 0 Å². The van der Waals surface area contributed by atoms with E-state index < -0.39 is 18.3 Å². The maximum Gasteiger partial charge on any atom is 0.387 e. The van der Waals surface area contributed by atoms with Crippen LogP contribution in [0.4, 0.5) is 8.78 Å². The first kappa shape index (κ1) is 14.6. The van der Waals surface area contributed by atoms with Gasteiger partial charge in [0.15, 0.2) is 0 Å². The van der Waals surface area contributed by atoms with Crippen LogP contribution in [0.15, 0.2) is 16.6 Å². The summed E-state index contributed by atoms with van der Waals surface area (Å²) >= 11 is 3.01. The van der Waals surface area contributed by atoms with Crippen LogP contribution in [0.2, 0.25) is 0 Å². The lowest BCUT2D eigenvalue weighted by molar-refractivity contribution is -0.0505. The van der Waals surface area contributed by atoms with E-state index >= 15 is 0 Å². The van der Waals surface area contributed by atoms with Crippen molar-refractivity contribution in [3.63, 3.8) is 0 Å². The van der Waals surface area contributed by atoms with Crippen molar-refractivity contribution in [3.05, 3.63) is 27.7 Å². The van der Waals surface area contributed by atoms with E-state index in [0.29, 0.717) is 6.29 Å². The quantitative estimate of drug-likeness (QED) is 0.617. The number of benzene rings is 1. The lowest BCUT2D eigenvalue weighted by atomic mass is 10.1. The van der Waals surface area contributed by atoms with Gasteiger partial charge in [-0.25, -0.2) is 4.79 Å². The molecule has 98 valence electrons. The number of hydrogen-bond donors (Lipinski definition) is 0. The molecule has 1 aromatic carbocycles. The standard InChI is InChI=1S/C11H9BrF2O4/c1-2-17-10(16)9-7(12)3-6(5-15)4-8(9)18-11(13)14/h3-5,11H,2H2,1H3. The first-order valence-electron chi connectivity index (χ1n) is 4.90. The summed E-state index contributed by atoms with van der Waals surface area (Å²) in [7, 11) is 0. The number of carbonyl (C=O) groups excluding carboxylic acids is 2. The highest BCUT2D eigenvalue weighted by molar-refractivity contribution is 9.10. The minimum Gasteiger partial charge on any atom is -0.462 e. The van der Waals surface area contributed by atoms with Crippen LogP contribution < -0.4 is 4.74 Å². The molecule has 1 rings (SSSR count). The molecule has 0 spiro atoms. The van der Waals surface area contributed by atoms with Gasteiger partial charge in [0.2, 0.25) is 0 Å². The van der Waals surface area contributed by atoms with E-state index in [0.717, 1.165) is 6.07 Å². The van der Waals surface area contributed by atoms with Gasteiger partial charge >= 0.3 is 12.6 Å². The third-order valence-corrected chi connectivity index (χ3v) is 2.53. The molecule has 18 heavy (non-hydrogen) atoms. The molecule has 0 bridgehead atoms. The Morgan fingerprint density at radius 3 is 2.67 bits per heavy atom. The van der Waals surface area contributed by atoms with E-state index in [4.69, 9.17) is 4.74 Å². The molecule has 0 aliphatic heterocycles. The van der Waals surface area contributed by atoms with E-state index in [-0.39, 0.29) is 22.2 Å². The van der Waals surface area contributed by atoms with E-state index in [1.165, 1.54) is 6.07 Å². The van der Waals surface area contributed by atoms with Gasteiger partial charge in [-0.1, -0.05) is 0 Å². The van der Waals surface area contributed by atoms with Crippen molar-refractivity contribution in [2.75, 3.05) is 6.61 Å². The van der Waals surface area contributed by atoms with Crippen molar-refractivity contribution < 1.29 is 27.8 Å². The molecule has 0 saturated heterocycles. The van der Waals surface area contributed by atoms with Crippen LogP contribution in [-0.2, 0) is 4.74 Å². The zero-order valence-electron chi connectivity index (χ0n) is 9.28. The predicted octanol–water partition coefficient (Wildman–Crippen LogP) is 3.04. The van der Waals surface area contributed by atoms with Crippen LogP contribution in [0.5, 0.6) is 5.75 Å². The van der Waals surface area contributed by atoms with Gasteiger partial charge < -0.3 is 9.47 Å². The Balaban J connectivity index is 3.27. The molecule has 7 heteroatoms. The smallest absolute Gasteiger partial charge is 0.387 e. The fourth-order valence-electron chi connectivity index (χ4n) is 1.26. The molecule has 0 aromatic heterocycles. The van der Waals surface area contributed by atoms with Gasteiger partial charge in [-0.2, -0.15) is 8.78 Å². The van der Waals surface area contributed by atoms with Gasteiger partial charge in [-0.15, -0.1) is 0 Å². The first-order valence-corrected chi connectivity index (χ1v) is 5.69. The second-order valence-corrected chi connectivity index (χ2v) is 3.95. The zero-order chi connectivity index (χ0) is 13.7. The highest BCUT2D eigenvalue weighted by Gasteiger charge is 2.21. The van der Waals surface area contributed by atoms with E-state index in [1.807, 2.05) is 0 Å². The molecule has 0 N–H and O–H groups in total. The minimum atomic E-state index is -3.10. The topological polar surface area (TPSA) is 52.6 Å². The summed E-state index contributed by atoms with van der Waals surface area (Å²) in [6.07, 6.45) is 0.456. The second kappa shape index (κ2) is 6.44. The maximum absolute atomic E-state index is 12.2. The van der Waals surface area contributed by atoms with E-state index in [2.05, 4.69) is 20.7 Å². The van der Waals surface area contributed by atoms with Crippen molar-refractivity contribution in [2.24, 2.45) is 0 Å². The molecular weight excluding hydrogens is 314 g/mol. The Labute approximate surface area is 110 Å². The third-order valence-electron chi connectivity index (χ3n) is 1.91. The van der Waals surface area contributed by atoms with Gasteiger partial charge in [0, 0.05) is 10.0 Å². The SMILES string of the molecule is CCOC(=O)c1c(Br)cc(C=O)cc1OC(F)F. The molecule has 0 fully saturated rings. The molecule has 0 atom stereocenters. The number of esters is 1. The molecular formula is C11H9BrF2O4. The average molecular weight is 323 g/mol. The molecule has 0 unspecified atom stereocenters. The molecule has 0 aliphatic rings. The van der Waals surface area contributed by atoms with Gasteiger partial charge in [0.05, 0.1) is 6.61 Å². The van der Waals surface area contributed by atoms with Crippen molar-refractivity contribution >= 4 is 28.2 Å². The molecule has 0 amide bonds. The number of ether oxygens (including phenoxy) is 2. The third kappa shape index (κ3) is 3.49. The van der Waals surface area contributed by atoms with Crippen molar-refractivity contribution in [1.29, 1.82) is 0 Å². The van der Waals surface area contributed by atoms with Crippen LogP contribution in [0.25, 0.3) is 0 Å². The average Bonchev–Trinajstić information content (AvgIpc) is 2.27. The van der Waals surface area contributed by atoms with Crippen molar-refractivity contribution in [3.8, 4) is 5.75 Å². The summed E-state index contributed by atoms with van der Waals surface area (Å²) in [5.74, 6) is -1.21. The highest BCUT2D eigenvalue weighted by Crippen LogP contribution is 2.30. The Morgan fingerprint density at radius 1 is 1.50 bits per heavy atom. The number of rotatable bonds is 5. The summed E-state index contributed by atoms with van der Waals surface area (Å²) in [6, 6.07) is 2.37. The maximum atomic E-state index is 12.2. The molecule has 4 nitrogen and oxygen atoms in total. The first-order chi connectivity index (χ1) is 8.49. The summed E-state index contributed by atoms with van der Waals surface area (Å²) in [4.78, 5) is 22.2. The van der Waals surface area contributed by atoms with Gasteiger partial charge in [-0.05, 0) is 35.0 Å². The highest BCUT2D eigenvalue weighted by atomic mass is 79.9. The number of alkyl halides is 2. The molecule has 0 radical (unpaired) electrons. The van der Waals surface area contributed by atoms with Crippen LogP contribution in [0.1, 0.15) is 27.6 Å². The van der Waals surface area contributed by atoms with Crippen molar-refractivity contribution in [1.82, 2.24) is 0 Å². The summed E-state index contributed by atoms with van der Waals surface area (Å²) in [5, 5.41) is 0. The normalized spacial score (nSPS) is 10.3. The largest absolute Gasteiger partial charge is 0.462 e. The van der Waals surface area contributed by atoms with Crippen molar-refractivity contribution in [2.45, 2.75) is 13.5 Å². The number of aldehydes is 1. The molecule has 0 aliphatic carbocycles.